The summed E-state index contributed by atoms with van der Waals surface area (Å²) in [7, 11) is 0. The van der Waals surface area contributed by atoms with Crippen molar-refractivity contribution in [2.24, 2.45) is 0 Å². The van der Waals surface area contributed by atoms with Gasteiger partial charge in [0.15, 0.2) is 0 Å². The molecule has 0 aliphatic heterocycles. The molecule has 0 saturated heterocycles. The quantitative estimate of drug-likeness (QED) is 0.736. The summed E-state index contributed by atoms with van der Waals surface area (Å²) in [5.41, 5.74) is 3.61. The molecule has 1 heterocycles. The summed E-state index contributed by atoms with van der Waals surface area (Å²) < 4.78 is 5.81. The van der Waals surface area contributed by atoms with Gasteiger partial charge in [-0.2, -0.15) is 0 Å². The van der Waals surface area contributed by atoms with Gasteiger partial charge in [-0.15, -0.1) is 10.2 Å². The van der Waals surface area contributed by atoms with Crippen LogP contribution in [0.5, 0.6) is 0 Å². The van der Waals surface area contributed by atoms with E-state index in [-0.39, 0.29) is 5.54 Å². The fourth-order valence-electron chi connectivity index (χ4n) is 3.53. The standard InChI is InChI=1S/C20H20ClN3O/c1-20(12-4-6-14-5-2-3-7-17(14)20)22-13-18-23-24-19(25-18)15-8-10-16(21)11-9-15/h2-3,5,7-11,22H,4,6,12-13H2,1H3. The van der Waals surface area contributed by atoms with Gasteiger partial charge in [0.25, 0.3) is 0 Å². The van der Waals surface area contributed by atoms with Crippen LogP contribution in [0.25, 0.3) is 11.5 Å². The molecule has 2 aromatic carbocycles. The van der Waals surface area contributed by atoms with Crippen molar-refractivity contribution in [3.05, 3.63) is 70.6 Å². The van der Waals surface area contributed by atoms with E-state index in [4.69, 9.17) is 16.0 Å². The third-order valence-electron chi connectivity index (χ3n) is 4.92. The third-order valence-corrected chi connectivity index (χ3v) is 5.17. The first-order valence-corrected chi connectivity index (χ1v) is 8.94. The molecule has 1 N–H and O–H groups in total. The maximum absolute atomic E-state index is 5.92. The Labute approximate surface area is 152 Å². The van der Waals surface area contributed by atoms with E-state index in [1.807, 2.05) is 24.3 Å². The number of hydrogen-bond donors (Lipinski definition) is 1. The van der Waals surface area contributed by atoms with Gasteiger partial charge in [-0.05, 0) is 61.6 Å². The van der Waals surface area contributed by atoms with Crippen molar-refractivity contribution in [1.29, 1.82) is 0 Å². The van der Waals surface area contributed by atoms with Crippen LogP contribution in [0.15, 0.2) is 52.9 Å². The monoisotopic (exact) mass is 353 g/mol. The molecule has 25 heavy (non-hydrogen) atoms. The second kappa shape index (κ2) is 6.62. The minimum Gasteiger partial charge on any atom is -0.419 e. The highest BCUT2D eigenvalue weighted by Crippen LogP contribution is 2.35. The molecule has 1 aliphatic carbocycles. The van der Waals surface area contributed by atoms with Gasteiger partial charge in [-0.3, -0.25) is 5.32 Å². The Bertz CT molecular complexity index is 875. The number of nitrogens with one attached hydrogen (secondary N) is 1. The first-order chi connectivity index (χ1) is 12.1. The maximum atomic E-state index is 5.92. The summed E-state index contributed by atoms with van der Waals surface area (Å²) >= 11 is 5.92. The van der Waals surface area contributed by atoms with E-state index in [1.54, 1.807) is 0 Å². The van der Waals surface area contributed by atoms with E-state index in [0.29, 0.717) is 23.3 Å². The van der Waals surface area contributed by atoms with Gasteiger partial charge in [-0.1, -0.05) is 35.9 Å². The lowest BCUT2D eigenvalue weighted by Crippen LogP contribution is -2.41. The highest BCUT2D eigenvalue weighted by molar-refractivity contribution is 6.30. The number of aromatic nitrogens is 2. The van der Waals surface area contributed by atoms with Crippen molar-refractivity contribution in [2.45, 2.75) is 38.3 Å². The molecule has 0 bridgehead atoms. The summed E-state index contributed by atoms with van der Waals surface area (Å²) in [6.07, 6.45) is 3.43. The Balaban J connectivity index is 1.50. The van der Waals surface area contributed by atoms with Crippen LogP contribution in [0.2, 0.25) is 5.02 Å². The lowest BCUT2D eigenvalue weighted by atomic mass is 9.78. The molecule has 1 aromatic heterocycles. The molecular weight excluding hydrogens is 334 g/mol. The predicted molar refractivity (Wildman–Crippen MR) is 98.3 cm³/mol. The molecule has 0 amide bonds. The zero-order valence-electron chi connectivity index (χ0n) is 14.1. The van der Waals surface area contributed by atoms with Crippen molar-refractivity contribution in [2.75, 3.05) is 0 Å². The van der Waals surface area contributed by atoms with Gasteiger partial charge in [-0.25, -0.2) is 0 Å². The van der Waals surface area contributed by atoms with Crippen molar-refractivity contribution in [3.8, 4) is 11.5 Å². The number of hydrogen-bond acceptors (Lipinski definition) is 4. The highest BCUT2D eigenvalue weighted by Gasteiger charge is 2.31. The first kappa shape index (κ1) is 16.3. The van der Waals surface area contributed by atoms with Crippen LogP contribution in [0, 0.1) is 0 Å². The fourth-order valence-corrected chi connectivity index (χ4v) is 3.66. The molecule has 5 heteroatoms. The first-order valence-electron chi connectivity index (χ1n) is 8.56. The number of aryl methyl sites for hydroxylation is 1. The van der Waals surface area contributed by atoms with Crippen molar-refractivity contribution < 1.29 is 4.42 Å². The number of fused-ring (bicyclic) bond motifs is 1. The zero-order chi connectivity index (χ0) is 17.3. The van der Waals surface area contributed by atoms with E-state index < -0.39 is 0 Å². The lowest BCUT2D eigenvalue weighted by Gasteiger charge is -2.36. The number of nitrogens with zero attached hydrogens (tertiary/aromatic N) is 2. The zero-order valence-corrected chi connectivity index (χ0v) is 14.9. The molecule has 3 aromatic rings. The Morgan fingerprint density at radius 1 is 1.12 bits per heavy atom. The van der Waals surface area contributed by atoms with Crippen LogP contribution in [-0.2, 0) is 18.5 Å². The molecular formula is C20H20ClN3O. The second-order valence-electron chi connectivity index (χ2n) is 6.70. The molecule has 1 unspecified atom stereocenters. The number of rotatable bonds is 4. The van der Waals surface area contributed by atoms with Gasteiger partial charge in [0.2, 0.25) is 11.8 Å². The van der Waals surface area contributed by atoms with E-state index in [0.717, 1.165) is 18.4 Å². The Hall–Kier alpha value is -2.17. The van der Waals surface area contributed by atoms with Crippen LogP contribution in [-0.4, -0.2) is 10.2 Å². The minimum absolute atomic E-state index is 0.0657. The van der Waals surface area contributed by atoms with Crippen LogP contribution >= 0.6 is 11.6 Å². The summed E-state index contributed by atoms with van der Waals surface area (Å²) in [6.45, 7) is 2.80. The second-order valence-corrected chi connectivity index (χ2v) is 7.14. The highest BCUT2D eigenvalue weighted by atomic mass is 35.5. The Kier molecular flexibility index (Phi) is 4.32. The normalized spacial score (nSPS) is 19.6. The minimum atomic E-state index is -0.0657. The number of halogens is 1. The van der Waals surface area contributed by atoms with Gasteiger partial charge < -0.3 is 4.42 Å². The van der Waals surface area contributed by atoms with E-state index in [1.165, 1.54) is 17.5 Å². The third kappa shape index (κ3) is 3.32. The molecule has 1 atom stereocenters. The average molecular weight is 354 g/mol. The van der Waals surface area contributed by atoms with Crippen LogP contribution in [0.3, 0.4) is 0 Å². The maximum Gasteiger partial charge on any atom is 0.247 e. The van der Waals surface area contributed by atoms with Crippen molar-refractivity contribution >= 4 is 11.6 Å². The van der Waals surface area contributed by atoms with Gasteiger partial charge in [0.1, 0.15) is 0 Å². The summed E-state index contributed by atoms with van der Waals surface area (Å²) in [6, 6.07) is 16.1. The molecule has 0 radical (unpaired) electrons. The van der Waals surface area contributed by atoms with Crippen LogP contribution < -0.4 is 5.32 Å². The van der Waals surface area contributed by atoms with E-state index >= 15 is 0 Å². The van der Waals surface area contributed by atoms with Gasteiger partial charge >= 0.3 is 0 Å². The van der Waals surface area contributed by atoms with Crippen LogP contribution in [0.4, 0.5) is 0 Å². The predicted octanol–water partition coefficient (Wildman–Crippen LogP) is 4.73. The SMILES string of the molecule is CC1(NCc2nnc(-c3ccc(Cl)cc3)o2)CCCc2ccccc21. The smallest absolute Gasteiger partial charge is 0.247 e. The summed E-state index contributed by atoms with van der Waals surface area (Å²) in [5.74, 6) is 1.11. The fraction of sp³-hybridized carbons (Fsp3) is 0.300. The molecule has 4 rings (SSSR count). The van der Waals surface area contributed by atoms with Gasteiger partial charge in [0, 0.05) is 16.1 Å². The summed E-state index contributed by atoms with van der Waals surface area (Å²) in [5, 5.41) is 12.6. The largest absolute Gasteiger partial charge is 0.419 e. The van der Waals surface area contributed by atoms with Gasteiger partial charge in [0.05, 0.1) is 6.54 Å². The molecule has 128 valence electrons. The molecule has 0 saturated carbocycles. The average Bonchev–Trinajstić information content (AvgIpc) is 3.10. The lowest BCUT2D eigenvalue weighted by molar-refractivity contribution is 0.295. The molecule has 1 aliphatic rings. The molecule has 0 spiro atoms. The van der Waals surface area contributed by atoms with Crippen LogP contribution in [0.1, 0.15) is 36.8 Å². The topological polar surface area (TPSA) is 51.0 Å². The summed E-state index contributed by atoms with van der Waals surface area (Å²) in [4.78, 5) is 0. The van der Waals surface area contributed by atoms with Crippen molar-refractivity contribution in [3.63, 3.8) is 0 Å². The van der Waals surface area contributed by atoms with E-state index in [2.05, 4.69) is 46.7 Å². The number of benzene rings is 2. The molecule has 0 fully saturated rings. The van der Waals surface area contributed by atoms with E-state index in [9.17, 15) is 0 Å². The Morgan fingerprint density at radius 2 is 1.92 bits per heavy atom. The molecule has 4 nitrogen and oxygen atoms in total. The Morgan fingerprint density at radius 3 is 2.76 bits per heavy atom. The van der Waals surface area contributed by atoms with Crippen molar-refractivity contribution in [1.82, 2.24) is 15.5 Å².